The van der Waals surface area contributed by atoms with Crippen molar-refractivity contribution in [3.8, 4) is 0 Å². The van der Waals surface area contributed by atoms with Crippen molar-refractivity contribution >= 4 is 40.0 Å². The third-order valence-corrected chi connectivity index (χ3v) is 5.54. The lowest BCUT2D eigenvalue weighted by molar-refractivity contribution is 0.520. The van der Waals surface area contributed by atoms with Gasteiger partial charge in [0.2, 0.25) is 10.0 Å². The lowest BCUT2D eigenvalue weighted by Crippen LogP contribution is -2.37. The van der Waals surface area contributed by atoms with E-state index in [4.69, 9.17) is 0 Å². The van der Waals surface area contributed by atoms with E-state index in [1.165, 1.54) is 37.7 Å². The van der Waals surface area contributed by atoms with Gasteiger partial charge >= 0.3 is 0 Å². The second-order valence-corrected chi connectivity index (χ2v) is 8.00. The molecule has 0 fully saturated rings. The van der Waals surface area contributed by atoms with Crippen molar-refractivity contribution in [2.24, 2.45) is 4.99 Å². The highest BCUT2D eigenvalue weighted by Crippen LogP contribution is 2.13. The third-order valence-electron chi connectivity index (χ3n) is 3.71. The van der Waals surface area contributed by atoms with Gasteiger partial charge < -0.3 is 10.6 Å². The molecule has 0 bridgehead atoms. The highest BCUT2D eigenvalue weighted by atomic mass is 127. The van der Waals surface area contributed by atoms with Gasteiger partial charge in [-0.15, -0.1) is 24.0 Å². The summed E-state index contributed by atoms with van der Waals surface area (Å²) >= 11 is 0. The van der Waals surface area contributed by atoms with E-state index in [1.54, 1.807) is 19.2 Å². The summed E-state index contributed by atoms with van der Waals surface area (Å²) in [7, 11) is 1.43. The van der Waals surface area contributed by atoms with Crippen LogP contribution in [-0.4, -0.2) is 46.4 Å². The summed E-state index contributed by atoms with van der Waals surface area (Å²) in [6.07, 6.45) is 4.84. The second-order valence-electron chi connectivity index (χ2n) is 5.84. The molecule has 25 heavy (non-hydrogen) atoms. The summed E-state index contributed by atoms with van der Waals surface area (Å²) in [5, 5.41) is 6.52. The molecule has 2 N–H and O–H groups in total. The van der Waals surface area contributed by atoms with Gasteiger partial charge in [-0.1, -0.05) is 38.3 Å². The molecular formula is C17H31IN4O2S. The third kappa shape index (κ3) is 8.37. The molecule has 0 aliphatic heterocycles. The fraction of sp³-hybridized carbons (Fsp3) is 0.588. The Balaban J connectivity index is 0.00000576. The van der Waals surface area contributed by atoms with Crippen molar-refractivity contribution in [1.82, 2.24) is 14.9 Å². The molecule has 1 rings (SSSR count). The average Bonchev–Trinajstić information content (AvgIpc) is 2.57. The Morgan fingerprint density at radius 1 is 1.08 bits per heavy atom. The first-order valence-corrected chi connectivity index (χ1v) is 9.81. The van der Waals surface area contributed by atoms with Crippen LogP contribution < -0.4 is 10.6 Å². The van der Waals surface area contributed by atoms with Crippen LogP contribution in [0, 0.1) is 0 Å². The van der Waals surface area contributed by atoms with Gasteiger partial charge in [-0.2, -0.15) is 0 Å². The van der Waals surface area contributed by atoms with E-state index in [9.17, 15) is 8.42 Å². The summed E-state index contributed by atoms with van der Waals surface area (Å²) < 4.78 is 25.3. The number of sulfonamides is 1. The largest absolute Gasteiger partial charge is 0.356 e. The van der Waals surface area contributed by atoms with Crippen LogP contribution in [0.3, 0.4) is 0 Å². The fourth-order valence-electron chi connectivity index (χ4n) is 2.16. The summed E-state index contributed by atoms with van der Waals surface area (Å²) in [6, 6.07) is 6.90. The maximum Gasteiger partial charge on any atom is 0.242 e. The fourth-order valence-corrected chi connectivity index (χ4v) is 3.06. The van der Waals surface area contributed by atoms with Crippen LogP contribution in [0.1, 0.15) is 38.2 Å². The SMILES string of the molecule is CCCCCCNC(=NC)NCc1ccc(S(=O)(=O)N(C)C)cc1.I. The smallest absolute Gasteiger partial charge is 0.242 e. The van der Waals surface area contributed by atoms with E-state index >= 15 is 0 Å². The molecule has 6 nitrogen and oxygen atoms in total. The summed E-state index contributed by atoms with van der Waals surface area (Å²) in [5.41, 5.74) is 1.00. The number of nitrogens with zero attached hydrogens (tertiary/aromatic N) is 2. The van der Waals surface area contributed by atoms with Crippen LogP contribution in [0.25, 0.3) is 0 Å². The van der Waals surface area contributed by atoms with Crippen LogP contribution in [0.4, 0.5) is 0 Å². The highest BCUT2D eigenvalue weighted by molar-refractivity contribution is 14.0. The van der Waals surface area contributed by atoms with Gasteiger partial charge in [0, 0.05) is 34.2 Å². The van der Waals surface area contributed by atoms with E-state index < -0.39 is 10.0 Å². The molecule has 1 aromatic rings. The number of rotatable bonds is 9. The zero-order chi connectivity index (χ0) is 18.0. The number of unbranched alkanes of at least 4 members (excludes halogenated alkanes) is 3. The molecule has 0 atom stereocenters. The van der Waals surface area contributed by atoms with Gasteiger partial charge in [-0.25, -0.2) is 12.7 Å². The number of benzene rings is 1. The van der Waals surface area contributed by atoms with Crippen molar-refractivity contribution in [3.05, 3.63) is 29.8 Å². The van der Waals surface area contributed by atoms with Crippen LogP contribution in [0.15, 0.2) is 34.2 Å². The molecule has 0 unspecified atom stereocenters. The normalized spacial score (nSPS) is 12.0. The van der Waals surface area contributed by atoms with Crippen LogP contribution in [0.5, 0.6) is 0 Å². The molecule has 0 spiro atoms. The number of halogens is 1. The lowest BCUT2D eigenvalue weighted by Gasteiger charge is -2.13. The Morgan fingerprint density at radius 3 is 2.24 bits per heavy atom. The molecular weight excluding hydrogens is 451 g/mol. The van der Waals surface area contributed by atoms with Crippen LogP contribution >= 0.6 is 24.0 Å². The standard InChI is InChI=1S/C17H30N4O2S.HI/c1-5-6-7-8-13-19-17(18-2)20-14-15-9-11-16(12-10-15)24(22,23)21(3)4;/h9-12H,5-8,13-14H2,1-4H3,(H2,18,19,20);1H. The maximum absolute atomic E-state index is 12.0. The minimum atomic E-state index is -3.37. The Hall–Kier alpha value is -0.870. The Morgan fingerprint density at radius 2 is 1.72 bits per heavy atom. The summed E-state index contributed by atoms with van der Waals surface area (Å²) in [6.45, 7) is 3.69. The van der Waals surface area contributed by atoms with Gasteiger partial charge in [0.25, 0.3) is 0 Å². The van der Waals surface area contributed by atoms with E-state index in [2.05, 4.69) is 22.5 Å². The van der Waals surface area contributed by atoms with E-state index in [1.807, 2.05) is 12.1 Å². The van der Waals surface area contributed by atoms with E-state index in [0.717, 1.165) is 24.5 Å². The molecule has 0 saturated heterocycles. The predicted molar refractivity (Wildman–Crippen MR) is 115 cm³/mol. The maximum atomic E-state index is 12.0. The molecule has 0 saturated carbocycles. The summed E-state index contributed by atoms with van der Waals surface area (Å²) in [4.78, 5) is 4.49. The lowest BCUT2D eigenvalue weighted by atomic mass is 10.2. The number of aliphatic imine (C=N–C) groups is 1. The average molecular weight is 482 g/mol. The number of hydrogen-bond donors (Lipinski definition) is 2. The monoisotopic (exact) mass is 482 g/mol. The van der Waals surface area contributed by atoms with Crippen molar-refractivity contribution < 1.29 is 8.42 Å². The molecule has 1 aromatic carbocycles. The van der Waals surface area contributed by atoms with Gasteiger partial charge in [-0.05, 0) is 24.1 Å². The van der Waals surface area contributed by atoms with Crippen molar-refractivity contribution in [2.45, 2.75) is 44.0 Å². The molecule has 0 radical (unpaired) electrons. The van der Waals surface area contributed by atoms with Gasteiger partial charge in [0.15, 0.2) is 5.96 Å². The molecule has 0 heterocycles. The summed E-state index contributed by atoms with van der Waals surface area (Å²) in [5.74, 6) is 0.761. The zero-order valence-electron chi connectivity index (χ0n) is 15.6. The Bertz CT molecular complexity index is 616. The first-order valence-electron chi connectivity index (χ1n) is 8.37. The Labute approximate surface area is 169 Å². The highest BCUT2D eigenvalue weighted by Gasteiger charge is 2.16. The predicted octanol–water partition coefficient (Wildman–Crippen LogP) is 2.80. The minimum absolute atomic E-state index is 0. The first-order chi connectivity index (χ1) is 11.4. The van der Waals surface area contributed by atoms with Crippen LogP contribution in [-0.2, 0) is 16.6 Å². The van der Waals surface area contributed by atoms with Crippen molar-refractivity contribution in [1.29, 1.82) is 0 Å². The molecule has 8 heteroatoms. The molecule has 0 aliphatic carbocycles. The van der Waals surface area contributed by atoms with Gasteiger partial charge in [-0.3, -0.25) is 4.99 Å². The molecule has 0 amide bonds. The number of nitrogens with one attached hydrogen (secondary N) is 2. The van der Waals surface area contributed by atoms with Gasteiger partial charge in [0.1, 0.15) is 0 Å². The first kappa shape index (κ1) is 24.1. The van der Waals surface area contributed by atoms with Crippen molar-refractivity contribution in [3.63, 3.8) is 0 Å². The number of guanidine groups is 1. The minimum Gasteiger partial charge on any atom is -0.356 e. The van der Waals surface area contributed by atoms with Crippen LogP contribution in [0.2, 0.25) is 0 Å². The van der Waals surface area contributed by atoms with E-state index in [-0.39, 0.29) is 24.0 Å². The zero-order valence-corrected chi connectivity index (χ0v) is 18.7. The number of hydrogen-bond acceptors (Lipinski definition) is 3. The second kappa shape index (κ2) is 12.5. The molecule has 144 valence electrons. The van der Waals surface area contributed by atoms with E-state index in [0.29, 0.717) is 11.4 Å². The molecule has 0 aliphatic rings. The van der Waals surface area contributed by atoms with Crippen molar-refractivity contribution in [2.75, 3.05) is 27.7 Å². The quantitative estimate of drug-likeness (QED) is 0.246. The topological polar surface area (TPSA) is 73.8 Å². The molecule has 0 aromatic heterocycles. The Kier molecular flexibility index (Phi) is 12.0. The van der Waals surface area contributed by atoms with Gasteiger partial charge in [0.05, 0.1) is 4.90 Å².